The lowest BCUT2D eigenvalue weighted by Crippen LogP contribution is -2.53. The summed E-state index contributed by atoms with van der Waals surface area (Å²) in [4.78, 5) is 63.0. The van der Waals surface area contributed by atoms with Crippen molar-refractivity contribution in [2.75, 3.05) is 39.3 Å². The Kier molecular flexibility index (Phi) is 5.25. The van der Waals surface area contributed by atoms with Crippen LogP contribution in [0.3, 0.4) is 0 Å². The SMILES string of the molecule is CCOC(=O)N1CCN(C(=O)CN2C(=O)c3ccc([N+](=O)[O-])cc3C2=O)CC1. The summed E-state index contributed by atoms with van der Waals surface area (Å²) in [6.45, 7) is 2.60. The van der Waals surface area contributed by atoms with Crippen LogP contribution in [0.2, 0.25) is 0 Å². The second-order valence-corrected chi connectivity index (χ2v) is 6.25. The Bertz CT molecular complexity index is 861. The molecule has 4 amide bonds. The number of hydrogen-bond donors (Lipinski definition) is 0. The monoisotopic (exact) mass is 390 g/mol. The molecule has 0 aliphatic carbocycles. The summed E-state index contributed by atoms with van der Waals surface area (Å²) < 4.78 is 4.91. The van der Waals surface area contributed by atoms with E-state index in [4.69, 9.17) is 4.74 Å². The first-order valence-corrected chi connectivity index (χ1v) is 8.67. The molecule has 2 heterocycles. The number of non-ortho nitro benzene ring substituents is 1. The maximum absolute atomic E-state index is 12.5. The molecule has 0 aromatic heterocycles. The van der Waals surface area contributed by atoms with E-state index >= 15 is 0 Å². The Morgan fingerprint density at radius 1 is 1.07 bits per heavy atom. The van der Waals surface area contributed by atoms with E-state index in [1.807, 2.05) is 0 Å². The van der Waals surface area contributed by atoms with E-state index in [0.29, 0.717) is 13.1 Å². The lowest BCUT2D eigenvalue weighted by atomic mass is 10.1. The molecule has 1 saturated heterocycles. The van der Waals surface area contributed by atoms with Crippen molar-refractivity contribution in [3.05, 3.63) is 39.4 Å². The van der Waals surface area contributed by atoms with Gasteiger partial charge >= 0.3 is 6.09 Å². The van der Waals surface area contributed by atoms with Crippen LogP contribution in [0, 0.1) is 10.1 Å². The van der Waals surface area contributed by atoms with Gasteiger partial charge in [-0.05, 0) is 13.0 Å². The van der Waals surface area contributed by atoms with Crippen LogP contribution in [-0.2, 0) is 9.53 Å². The summed E-state index contributed by atoms with van der Waals surface area (Å²) >= 11 is 0. The number of imide groups is 1. The van der Waals surface area contributed by atoms with Crippen molar-refractivity contribution in [2.24, 2.45) is 0 Å². The maximum Gasteiger partial charge on any atom is 0.409 e. The van der Waals surface area contributed by atoms with Crippen LogP contribution < -0.4 is 0 Å². The molecule has 0 N–H and O–H groups in total. The number of nitro groups is 1. The number of nitro benzene ring substituents is 1. The van der Waals surface area contributed by atoms with Crippen LogP contribution in [0.4, 0.5) is 10.5 Å². The molecular weight excluding hydrogens is 372 g/mol. The van der Waals surface area contributed by atoms with E-state index in [9.17, 15) is 29.3 Å². The molecule has 28 heavy (non-hydrogen) atoms. The minimum Gasteiger partial charge on any atom is -0.450 e. The Hall–Kier alpha value is -3.50. The fourth-order valence-electron chi connectivity index (χ4n) is 3.12. The fourth-order valence-corrected chi connectivity index (χ4v) is 3.12. The lowest BCUT2D eigenvalue weighted by Gasteiger charge is -2.34. The molecular formula is C17H18N4O7. The van der Waals surface area contributed by atoms with Crippen LogP contribution in [0.25, 0.3) is 0 Å². The van der Waals surface area contributed by atoms with Crippen molar-refractivity contribution in [1.29, 1.82) is 0 Å². The molecule has 0 unspecified atom stereocenters. The van der Waals surface area contributed by atoms with Gasteiger partial charge in [-0.1, -0.05) is 0 Å². The molecule has 1 aromatic rings. The van der Waals surface area contributed by atoms with Gasteiger partial charge in [-0.2, -0.15) is 0 Å². The molecule has 11 nitrogen and oxygen atoms in total. The third-order valence-corrected chi connectivity index (χ3v) is 4.62. The molecule has 2 aliphatic heterocycles. The smallest absolute Gasteiger partial charge is 0.409 e. The highest BCUT2D eigenvalue weighted by atomic mass is 16.6. The van der Waals surface area contributed by atoms with Gasteiger partial charge in [0.2, 0.25) is 5.91 Å². The van der Waals surface area contributed by atoms with Crippen LogP contribution in [0.5, 0.6) is 0 Å². The second-order valence-electron chi connectivity index (χ2n) is 6.25. The summed E-state index contributed by atoms with van der Waals surface area (Å²) in [6.07, 6.45) is -0.448. The van der Waals surface area contributed by atoms with E-state index in [1.165, 1.54) is 15.9 Å². The largest absolute Gasteiger partial charge is 0.450 e. The minimum atomic E-state index is -0.734. The fraction of sp³-hybridized carbons (Fsp3) is 0.412. The van der Waals surface area contributed by atoms with Gasteiger partial charge in [0.05, 0.1) is 22.7 Å². The number of piperazine rings is 1. The predicted octanol–water partition coefficient (Wildman–Crippen LogP) is 0.491. The minimum absolute atomic E-state index is 0.0375. The first-order valence-electron chi connectivity index (χ1n) is 8.67. The molecule has 0 bridgehead atoms. The highest BCUT2D eigenvalue weighted by Crippen LogP contribution is 2.26. The zero-order valence-electron chi connectivity index (χ0n) is 15.1. The molecule has 3 rings (SSSR count). The number of nitrogens with zero attached hydrogens (tertiary/aromatic N) is 4. The number of fused-ring (bicyclic) bond motifs is 1. The third-order valence-electron chi connectivity index (χ3n) is 4.62. The van der Waals surface area contributed by atoms with Crippen molar-refractivity contribution in [3.63, 3.8) is 0 Å². The predicted molar refractivity (Wildman–Crippen MR) is 93.6 cm³/mol. The molecule has 0 saturated carbocycles. The normalized spacial score (nSPS) is 16.2. The molecule has 1 fully saturated rings. The van der Waals surface area contributed by atoms with Gasteiger partial charge in [-0.3, -0.25) is 29.4 Å². The third kappa shape index (κ3) is 3.50. The molecule has 0 radical (unpaired) electrons. The summed E-state index contributed by atoms with van der Waals surface area (Å²) in [5, 5.41) is 10.9. The summed E-state index contributed by atoms with van der Waals surface area (Å²) in [5.41, 5.74) is -0.349. The van der Waals surface area contributed by atoms with Crippen LogP contribution in [-0.4, -0.2) is 82.8 Å². The molecule has 0 atom stereocenters. The number of carbonyl (C=O) groups is 4. The van der Waals surface area contributed by atoms with Gasteiger partial charge in [-0.15, -0.1) is 0 Å². The molecule has 11 heteroatoms. The zero-order chi connectivity index (χ0) is 20.4. The van der Waals surface area contributed by atoms with Crippen molar-refractivity contribution in [2.45, 2.75) is 6.92 Å². The number of ether oxygens (including phenoxy) is 1. The Balaban J connectivity index is 1.64. The number of hydrogen-bond acceptors (Lipinski definition) is 7. The molecule has 1 aromatic carbocycles. The van der Waals surface area contributed by atoms with E-state index in [1.54, 1.807) is 6.92 Å². The van der Waals surface area contributed by atoms with Crippen LogP contribution >= 0.6 is 0 Å². The first kappa shape index (κ1) is 19.3. The Morgan fingerprint density at radius 2 is 1.68 bits per heavy atom. The highest BCUT2D eigenvalue weighted by Gasteiger charge is 2.39. The summed E-state index contributed by atoms with van der Waals surface area (Å²) in [7, 11) is 0. The quantitative estimate of drug-likeness (QED) is 0.415. The van der Waals surface area contributed by atoms with E-state index in [-0.39, 0.29) is 36.5 Å². The summed E-state index contributed by atoms with van der Waals surface area (Å²) in [5.74, 6) is -1.83. The van der Waals surface area contributed by atoms with Gasteiger partial charge in [0.1, 0.15) is 6.54 Å². The van der Waals surface area contributed by atoms with Gasteiger partial charge in [0.25, 0.3) is 17.5 Å². The van der Waals surface area contributed by atoms with Gasteiger partial charge in [0, 0.05) is 38.3 Å². The Labute approximate surface area is 159 Å². The number of carbonyl (C=O) groups excluding carboxylic acids is 4. The topological polar surface area (TPSA) is 130 Å². The summed E-state index contributed by atoms with van der Waals surface area (Å²) in [6, 6.07) is 3.40. The van der Waals surface area contributed by atoms with Crippen molar-refractivity contribution in [3.8, 4) is 0 Å². The van der Waals surface area contributed by atoms with E-state index in [2.05, 4.69) is 0 Å². The highest BCUT2D eigenvalue weighted by molar-refractivity contribution is 6.22. The second kappa shape index (κ2) is 7.62. The maximum atomic E-state index is 12.5. The van der Waals surface area contributed by atoms with Gasteiger partial charge in [0.15, 0.2) is 0 Å². The van der Waals surface area contributed by atoms with Crippen LogP contribution in [0.1, 0.15) is 27.6 Å². The van der Waals surface area contributed by atoms with Crippen molar-refractivity contribution >= 4 is 29.5 Å². The average Bonchev–Trinajstić information content (AvgIpc) is 2.92. The molecule has 0 spiro atoms. The zero-order valence-corrected chi connectivity index (χ0v) is 15.1. The number of amides is 4. The van der Waals surface area contributed by atoms with Gasteiger partial charge in [-0.25, -0.2) is 4.79 Å². The standard InChI is InChI=1S/C17H18N4O7/c1-2-28-17(25)19-7-5-18(6-8-19)14(22)10-20-15(23)12-4-3-11(21(26)27)9-13(12)16(20)24/h3-4,9H,2,5-8,10H2,1H3. The lowest BCUT2D eigenvalue weighted by molar-refractivity contribution is -0.384. The van der Waals surface area contributed by atoms with Crippen molar-refractivity contribution < 1.29 is 28.8 Å². The van der Waals surface area contributed by atoms with Crippen LogP contribution in [0.15, 0.2) is 18.2 Å². The van der Waals surface area contributed by atoms with E-state index in [0.717, 1.165) is 17.0 Å². The van der Waals surface area contributed by atoms with E-state index < -0.39 is 35.3 Å². The van der Waals surface area contributed by atoms with Gasteiger partial charge < -0.3 is 14.5 Å². The number of benzene rings is 1. The Morgan fingerprint density at radius 3 is 2.29 bits per heavy atom. The molecule has 148 valence electrons. The first-order chi connectivity index (χ1) is 13.3. The average molecular weight is 390 g/mol. The van der Waals surface area contributed by atoms with Crippen molar-refractivity contribution in [1.82, 2.24) is 14.7 Å². The molecule has 2 aliphatic rings. The number of rotatable bonds is 4.